The maximum atomic E-state index is 12.2. The van der Waals surface area contributed by atoms with E-state index in [1.54, 1.807) is 0 Å². The van der Waals surface area contributed by atoms with Crippen molar-refractivity contribution >= 4 is 23.2 Å². The van der Waals surface area contributed by atoms with Crippen molar-refractivity contribution in [2.75, 3.05) is 6.54 Å². The lowest BCUT2D eigenvalue weighted by Crippen LogP contribution is -2.35. The Kier molecular flexibility index (Phi) is 4.77. The molecule has 1 N–H and O–H groups in total. The molecule has 1 amide bonds. The topological polar surface area (TPSA) is 85.1 Å². The van der Waals surface area contributed by atoms with Gasteiger partial charge in [0.25, 0.3) is 5.91 Å². The molecule has 0 bridgehead atoms. The summed E-state index contributed by atoms with van der Waals surface area (Å²) in [6.07, 6.45) is 6.81. The Hall–Kier alpha value is -1.69. The molecular formula is C14H18ClN3O3. The van der Waals surface area contributed by atoms with Crippen LogP contribution in [0.5, 0.6) is 0 Å². The molecule has 21 heavy (non-hydrogen) atoms. The predicted octanol–water partition coefficient (Wildman–Crippen LogP) is 3.34. The third kappa shape index (κ3) is 3.32. The number of amides is 1. The molecule has 114 valence electrons. The van der Waals surface area contributed by atoms with Crippen LogP contribution in [-0.4, -0.2) is 22.4 Å². The number of nitro groups is 1. The number of hydrogen-bond donors (Lipinski definition) is 1. The Balaban J connectivity index is 2.14. The molecule has 0 aliphatic heterocycles. The molecule has 1 aliphatic rings. The first-order valence-electron chi connectivity index (χ1n) is 7.06. The van der Waals surface area contributed by atoms with E-state index in [2.05, 4.69) is 17.2 Å². The minimum Gasteiger partial charge on any atom is -0.351 e. The van der Waals surface area contributed by atoms with Gasteiger partial charge in [-0.2, -0.15) is 0 Å². The number of hydrogen-bond acceptors (Lipinski definition) is 4. The standard InChI is InChI=1S/C14H18ClN3O3/c1-2-14(6-3-4-7-14)9-17-13(19)10-5-8-16-12(15)11(10)18(20)21/h5,8H,2-4,6-7,9H2,1H3,(H,17,19). The molecule has 0 atom stereocenters. The average molecular weight is 312 g/mol. The zero-order valence-corrected chi connectivity index (χ0v) is 12.7. The number of halogens is 1. The molecule has 6 nitrogen and oxygen atoms in total. The van der Waals surface area contributed by atoms with Crippen molar-refractivity contribution in [3.8, 4) is 0 Å². The van der Waals surface area contributed by atoms with Gasteiger partial charge in [-0.1, -0.05) is 31.4 Å². The molecule has 0 spiro atoms. The first-order chi connectivity index (χ1) is 9.99. The Morgan fingerprint density at radius 1 is 1.52 bits per heavy atom. The maximum absolute atomic E-state index is 12.2. The van der Waals surface area contributed by atoms with Gasteiger partial charge in [0, 0.05) is 12.7 Å². The van der Waals surface area contributed by atoms with Gasteiger partial charge in [0.15, 0.2) is 0 Å². The van der Waals surface area contributed by atoms with E-state index in [1.165, 1.54) is 25.1 Å². The molecule has 0 saturated heterocycles. The Morgan fingerprint density at radius 3 is 2.76 bits per heavy atom. The average Bonchev–Trinajstić information content (AvgIpc) is 2.93. The predicted molar refractivity (Wildman–Crippen MR) is 79.4 cm³/mol. The van der Waals surface area contributed by atoms with E-state index in [4.69, 9.17) is 11.6 Å². The first-order valence-corrected chi connectivity index (χ1v) is 7.44. The van der Waals surface area contributed by atoms with Gasteiger partial charge in [0.2, 0.25) is 5.15 Å². The number of rotatable bonds is 5. The van der Waals surface area contributed by atoms with Gasteiger partial charge in [0.05, 0.1) is 4.92 Å². The summed E-state index contributed by atoms with van der Waals surface area (Å²) in [4.78, 5) is 26.2. The molecule has 1 aromatic heterocycles. The molecule has 1 heterocycles. The number of nitrogens with zero attached hydrogens (tertiary/aromatic N) is 2. The molecule has 0 unspecified atom stereocenters. The summed E-state index contributed by atoms with van der Waals surface area (Å²) in [5, 5.41) is 13.6. The van der Waals surface area contributed by atoms with Gasteiger partial charge in [0.1, 0.15) is 5.56 Å². The molecule has 0 aromatic carbocycles. The van der Waals surface area contributed by atoms with E-state index in [1.807, 2.05) is 0 Å². The molecule has 1 aliphatic carbocycles. The van der Waals surface area contributed by atoms with Gasteiger partial charge in [-0.15, -0.1) is 0 Å². The summed E-state index contributed by atoms with van der Waals surface area (Å²) in [5.74, 6) is -0.467. The van der Waals surface area contributed by atoms with E-state index in [-0.39, 0.29) is 16.1 Å². The van der Waals surface area contributed by atoms with Crippen molar-refractivity contribution in [2.24, 2.45) is 5.41 Å². The highest BCUT2D eigenvalue weighted by atomic mass is 35.5. The van der Waals surface area contributed by atoms with Gasteiger partial charge in [-0.05, 0) is 30.7 Å². The lowest BCUT2D eigenvalue weighted by atomic mass is 9.83. The fourth-order valence-corrected chi connectivity index (χ4v) is 3.16. The quantitative estimate of drug-likeness (QED) is 0.513. The second-order valence-electron chi connectivity index (χ2n) is 5.50. The highest BCUT2D eigenvalue weighted by molar-refractivity contribution is 6.32. The number of carbonyl (C=O) groups excluding carboxylic acids is 1. The molecule has 1 fully saturated rings. The van der Waals surface area contributed by atoms with Crippen LogP contribution >= 0.6 is 11.6 Å². The second-order valence-corrected chi connectivity index (χ2v) is 5.86. The Labute approximate surface area is 128 Å². The zero-order valence-electron chi connectivity index (χ0n) is 11.9. The van der Waals surface area contributed by atoms with Crippen LogP contribution in [0, 0.1) is 15.5 Å². The lowest BCUT2D eigenvalue weighted by Gasteiger charge is -2.27. The van der Waals surface area contributed by atoms with Crippen molar-refractivity contribution in [3.05, 3.63) is 33.1 Å². The van der Waals surface area contributed by atoms with Crippen molar-refractivity contribution in [1.82, 2.24) is 10.3 Å². The molecule has 7 heteroatoms. The lowest BCUT2D eigenvalue weighted by molar-refractivity contribution is -0.385. The number of pyridine rings is 1. The van der Waals surface area contributed by atoms with Gasteiger partial charge in [-0.25, -0.2) is 4.98 Å². The van der Waals surface area contributed by atoms with Crippen LogP contribution < -0.4 is 5.32 Å². The van der Waals surface area contributed by atoms with Crippen LogP contribution in [0.15, 0.2) is 12.3 Å². The van der Waals surface area contributed by atoms with Crippen molar-refractivity contribution in [1.29, 1.82) is 0 Å². The van der Waals surface area contributed by atoms with E-state index in [0.29, 0.717) is 6.54 Å². The zero-order chi connectivity index (χ0) is 15.5. The number of carbonyl (C=O) groups is 1. The van der Waals surface area contributed by atoms with Gasteiger partial charge < -0.3 is 5.32 Å². The first kappa shape index (κ1) is 15.7. The van der Waals surface area contributed by atoms with E-state index in [9.17, 15) is 14.9 Å². The number of aromatic nitrogens is 1. The second kappa shape index (κ2) is 6.39. The minimum atomic E-state index is -0.671. The molecule has 1 saturated carbocycles. The van der Waals surface area contributed by atoms with Crippen LogP contribution in [0.1, 0.15) is 49.4 Å². The smallest absolute Gasteiger partial charge is 0.319 e. The van der Waals surface area contributed by atoms with Gasteiger partial charge in [-0.3, -0.25) is 14.9 Å². The van der Waals surface area contributed by atoms with Crippen LogP contribution in [0.3, 0.4) is 0 Å². The van der Waals surface area contributed by atoms with Crippen molar-refractivity contribution in [3.63, 3.8) is 0 Å². The normalized spacial score (nSPS) is 16.7. The SMILES string of the molecule is CCC1(CNC(=O)c2ccnc(Cl)c2[N+](=O)[O-])CCCC1. The maximum Gasteiger partial charge on any atom is 0.319 e. The summed E-state index contributed by atoms with van der Waals surface area (Å²) in [6, 6.07) is 1.33. The highest BCUT2D eigenvalue weighted by Gasteiger charge is 2.33. The largest absolute Gasteiger partial charge is 0.351 e. The van der Waals surface area contributed by atoms with Crippen LogP contribution in [0.4, 0.5) is 5.69 Å². The summed E-state index contributed by atoms with van der Waals surface area (Å²) >= 11 is 5.72. The fraction of sp³-hybridized carbons (Fsp3) is 0.571. The van der Waals surface area contributed by atoms with E-state index < -0.39 is 16.5 Å². The van der Waals surface area contributed by atoms with Gasteiger partial charge >= 0.3 is 5.69 Å². The monoisotopic (exact) mass is 311 g/mol. The summed E-state index contributed by atoms with van der Waals surface area (Å²) in [6.45, 7) is 2.66. The number of nitrogens with one attached hydrogen (secondary N) is 1. The molecular weight excluding hydrogens is 294 g/mol. The van der Waals surface area contributed by atoms with Crippen LogP contribution in [0.25, 0.3) is 0 Å². The summed E-state index contributed by atoms with van der Waals surface area (Å²) in [5.41, 5.74) is -0.348. The van der Waals surface area contributed by atoms with Crippen LogP contribution in [-0.2, 0) is 0 Å². The van der Waals surface area contributed by atoms with Crippen molar-refractivity contribution in [2.45, 2.75) is 39.0 Å². The van der Waals surface area contributed by atoms with E-state index in [0.717, 1.165) is 19.3 Å². The third-order valence-electron chi connectivity index (χ3n) is 4.34. The Morgan fingerprint density at radius 2 is 2.19 bits per heavy atom. The fourth-order valence-electron chi connectivity index (χ4n) is 2.93. The summed E-state index contributed by atoms with van der Waals surface area (Å²) in [7, 11) is 0. The minimum absolute atomic E-state index is 0.0377. The van der Waals surface area contributed by atoms with E-state index >= 15 is 0 Å². The summed E-state index contributed by atoms with van der Waals surface area (Å²) < 4.78 is 0. The highest BCUT2D eigenvalue weighted by Crippen LogP contribution is 2.40. The third-order valence-corrected chi connectivity index (χ3v) is 4.62. The molecule has 2 rings (SSSR count). The Bertz CT molecular complexity index is 556. The molecule has 0 radical (unpaired) electrons. The van der Waals surface area contributed by atoms with Crippen molar-refractivity contribution < 1.29 is 9.72 Å². The van der Waals surface area contributed by atoms with Crippen LogP contribution in [0.2, 0.25) is 5.15 Å². The molecule has 1 aromatic rings.